The van der Waals surface area contributed by atoms with Gasteiger partial charge < -0.3 is 19.9 Å². The Kier molecular flexibility index (Phi) is 5.13. The summed E-state index contributed by atoms with van der Waals surface area (Å²) in [6.45, 7) is 1.85. The number of aromatic amines is 1. The zero-order valence-corrected chi connectivity index (χ0v) is 15.0. The average molecular weight is 381 g/mol. The van der Waals surface area contributed by atoms with Crippen molar-refractivity contribution < 1.29 is 18.7 Å². The number of aromatic nitrogens is 2. The second-order valence-electron chi connectivity index (χ2n) is 5.97. The molecule has 7 nitrogen and oxygen atoms in total. The lowest BCUT2D eigenvalue weighted by molar-refractivity contribution is -0.142. The van der Waals surface area contributed by atoms with Crippen molar-refractivity contribution in [2.75, 3.05) is 13.7 Å². The van der Waals surface area contributed by atoms with E-state index in [-0.39, 0.29) is 10.6 Å². The topological polar surface area (TPSA) is 87.3 Å². The number of amides is 2. The number of urea groups is 1. The number of H-pyrrole nitrogens is 1. The van der Waals surface area contributed by atoms with Crippen LogP contribution in [0.15, 0.2) is 24.5 Å². The Morgan fingerprint density at radius 1 is 1.50 bits per heavy atom. The molecule has 2 aromatic rings. The number of carbonyl (C=O) groups is 2. The fourth-order valence-electron chi connectivity index (χ4n) is 3.04. The predicted octanol–water partition coefficient (Wildman–Crippen LogP) is 2.42. The average Bonchev–Trinajstić information content (AvgIpc) is 3.09. The van der Waals surface area contributed by atoms with Crippen LogP contribution >= 0.6 is 11.6 Å². The molecule has 2 heterocycles. The van der Waals surface area contributed by atoms with Crippen molar-refractivity contribution in [2.24, 2.45) is 0 Å². The van der Waals surface area contributed by atoms with Crippen LogP contribution < -0.4 is 5.32 Å². The third-order valence-electron chi connectivity index (χ3n) is 4.34. The number of carbonyl (C=O) groups excluding carboxylic acids is 2. The molecule has 2 N–H and O–H groups in total. The third kappa shape index (κ3) is 3.37. The maximum absolute atomic E-state index is 14.6. The molecular weight excluding hydrogens is 363 g/mol. The number of halogens is 2. The van der Waals surface area contributed by atoms with Crippen LogP contribution in [0.25, 0.3) is 0 Å². The highest BCUT2D eigenvalue weighted by atomic mass is 35.5. The Morgan fingerprint density at radius 2 is 2.27 bits per heavy atom. The van der Waals surface area contributed by atoms with E-state index in [2.05, 4.69) is 20.0 Å². The van der Waals surface area contributed by atoms with Gasteiger partial charge in [-0.1, -0.05) is 17.7 Å². The van der Waals surface area contributed by atoms with E-state index in [4.69, 9.17) is 11.6 Å². The molecule has 0 saturated heterocycles. The Morgan fingerprint density at radius 3 is 2.96 bits per heavy atom. The van der Waals surface area contributed by atoms with Gasteiger partial charge in [-0.05, 0) is 19.1 Å². The molecule has 0 bridgehead atoms. The van der Waals surface area contributed by atoms with Gasteiger partial charge >= 0.3 is 12.0 Å². The lowest BCUT2D eigenvalue weighted by Gasteiger charge is -2.35. The van der Waals surface area contributed by atoms with Crippen molar-refractivity contribution in [1.82, 2.24) is 20.2 Å². The van der Waals surface area contributed by atoms with Gasteiger partial charge in [-0.25, -0.2) is 19.0 Å². The predicted molar refractivity (Wildman–Crippen MR) is 92.3 cm³/mol. The molecule has 1 aromatic heterocycles. The molecule has 0 spiro atoms. The highest BCUT2D eigenvalue weighted by Crippen LogP contribution is 2.35. The van der Waals surface area contributed by atoms with E-state index in [0.717, 1.165) is 5.69 Å². The van der Waals surface area contributed by atoms with E-state index in [0.29, 0.717) is 18.7 Å². The van der Waals surface area contributed by atoms with E-state index in [9.17, 15) is 14.0 Å². The van der Waals surface area contributed by atoms with Crippen LogP contribution in [0.3, 0.4) is 0 Å². The van der Waals surface area contributed by atoms with Crippen molar-refractivity contribution >= 4 is 23.6 Å². The van der Waals surface area contributed by atoms with Crippen LogP contribution in [0, 0.1) is 5.82 Å². The number of nitrogens with zero attached hydrogens (tertiary/aromatic N) is 2. The molecule has 2 atom stereocenters. The molecule has 138 valence electrons. The summed E-state index contributed by atoms with van der Waals surface area (Å²) >= 11 is 5.85. The molecule has 1 aromatic carbocycles. The first-order valence-electron chi connectivity index (χ1n) is 8.04. The fourth-order valence-corrected chi connectivity index (χ4v) is 3.20. The molecule has 0 radical (unpaired) electrons. The van der Waals surface area contributed by atoms with Gasteiger partial charge in [-0.3, -0.25) is 0 Å². The number of methoxy groups -OCH3 is 1. The van der Waals surface area contributed by atoms with Gasteiger partial charge in [0.15, 0.2) is 0 Å². The number of rotatable bonds is 3. The van der Waals surface area contributed by atoms with Crippen molar-refractivity contribution in [3.63, 3.8) is 0 Å². The number of nitrogens with one attached hydrogen (secondary N) is 2. The van der Waals surface area contributed by atoms with E-state index >= 15 is 0 Å². The number of hydrogen-bond donors (Lipinski definition) is 2. The van der Waals surface area contributed by atoms with Crippen LogP contribution in [0.2, 0.25) is 5.02 Å². The SMILES string of the molecule is COC(=O)[C@H](C)NC(=O)N1CCc2[nH]cnc2[C@H]1c1ccc(Cl)cc1F. The van der Waals surface area contributed by atoms with Crippen LogP contribution in [0.5, 0.6) is 0 Å². The Hall–Kier alpha value is -2.61. The molecular formula is C17H18ClFN4O3. The summed E-state index contributed by atoms with van der Waals surface area (Å²) in [4.78, 5) is 33.1. The molecule has 1 aliphatic heterocycles. The summed E-state index contributed by atoms with van der Waals surface area (Å²) in [5.41, 5.74) is 1.69. The molecule has 2 amide bonds. The Balaban J connectivity index is 1.96. The summed E-state index contributed by atoms with van der Waals surface area (Å²) in [5, 5.41) is 2.84. The normalized spacial score (nSPS) is 17.4. The Bertz CT molecular complexity index is 841. The van der Waals surface area contributed by atoms with Gasteiger partial charge in [0.2, 0.25) is 0 Å². The lowest BCUT2D eigenvalue weighted by Crippen LogP contribution is -2.50. The van der Waals surface area contributed by atoms with E-state index in [1.807, 2.05) is 0 Å². The highest BCUT2D eigenvalue weighted by Gasteiger charge is 2.36. The van der Waals surface area contributed by atoms with Gasteiger partial charge in [0.25, 0.3) is 0 Å². The van der Waals surface area contributed by atoms with Crippen molar-refractivity contribution in [3.8, 4) is 0 Å². The van der Waals surface area contributed by atoms with E-state index < -0.39 is 29.9 Å². The molecule has 3 rings (SSSR count). The smallest absolute Gasteiger partial charge is 0.328 e. The van der Waals surface area contributed by atoms with Gasteiger partial charge in [0, 0.05) is 29.2 Å². The van der Waals surface area contributed by atoms with Gasteiger partial charge in [-0.15, -0.1) is 0 Å². The summed E-state index contributed by atoms with van der Waals surface area (Å²) in [5.74, 6) is -1.10. The van der Waals surface area contributed by atoms with Crippen molar-refractivity contribution in [1.29, 1.82) is 0 Å². The molecule has 9 heteroatoms. The van der Waals surface area contributed by atoms with Crippen LogP contribution in [-0.4, -0.2) is 46.6 Å². The maximum atomic E-state index is 14.6. The molecule has 1 aliphatic rings. The van der Waals surface area contributed by atoms with Crippen LogP contribution in [0.4, 0.5) is 9.18 Å². The van der Waals surface area contributed by atoms with Crippen LogP contribution in [-0.2, 0) is 16.0 Å². The molecule has 0 aliphatic carbocycles. The van der Waals surface area contributed by atoms with Gasteiger partial charge in [-0.2, -0.15) is 0 Å². The number of imidazole rings is 1. The van der Waals surface area contributed by atoms with Gasteiger partial charge in [0.1, 0.15) is 17.9 Å². The Labute approximate surface area is 154 Å². The quantitative estimate of drug-likeness (QED) is 0.800. The third-order valence-corrected chi connectivity index (χ3v) is 4.57. The minimum absolute atomic E-state index is 0.264. The minimum Gasteiger partial charge on any atom is -0.467 e. The number of fused-ring (bicyclic) bond motifs is 1. The monoisotopic (exact) mass is 380 g/mol. The lowest BCUT2D eigenvalue weighted by atomic mass is 9.95. The molecule has 0 unspecified atom stereocenters. The van der Waals surface area contributed by atoms with Crippen molar-refractivity contribution in [2.45, 2.75) is 25.4 Å². The first-order valence-corrected chi connectivity index (χ1v) is 8.42. The van der Waals surface area contributed by atoms with E-state index in [1.54, 1.807) is 6.07 Å². The minimum atomic E-state index is -0.830. The first-order chi connectivity index (χ1) is 12.4. The standard InChI is InChI=1S/C17H18ClFN4O3/c1-9(16(24)26-2)22-17(25)23-6-5-13-14(21-8-20-13)15(23)11-4-3-10(18)7-12(11)19/h3-4,7-9,15H,5-6H2,1-2H3,(H,20,21)(H,22,25)/t9-,15+/m0/s1. The molecule has 0 saturated carbocycles. The molecule has 0 fully saturated rings. The number of ether oxygens (including phenoxy) is 1. The first kappa shape index (κ1) is 18.2. The largest absolute Gasteiger partial charge is 0.467 e. The number of hydrogen-bond acceptors (Lipinski definition) is 4. The summed E-state index contributed by atoms with van der Waals surface area (Å²) in [6, 6.07) is 2.24. The van der Waals surface area contributed by atoms with Crippen LogP contribution in [0.1, 0.15) is 29.9 Å². The second-order valence-corrected chi connectivity index (χ2v) is 6.41. The number of esters is 1. The summed E-state index contributed by atoms with van der Waals surface area (Å²) < 4.78 is 19.2. The fraction of sp³-hybridized carbons (Fsp3) is 0.353. The van der Waals surface area contributed by atoms with Crippen molar-refractivity contribution in [3.05, 3.63) is 52.3 Å². The maximum Gasteiger partial charge on any atom is 0.328 e. The van der Waals surface area contributed by atoms with Gasteiger partial charge in [0.05, 0.1) is 19.1 Å². The number of benzene rings is 1. The zero-order valence-electron chi connectivity index (χ0n) is 14.3. The summed E-state index contributed by atoms with van der Waals surface area (Å²) in [7, 11) is 1.24. The summed E-state index contributed by atoms with van der Waals surface area (Å²) in [6.07, 6.45) is 2.06. The molecule has 26 heavy (non-hydrogen) atoms. The second kappa shape index (κ2) is 7.33. The highest BCUT2D eigenvalue weighted by molar-refractivity contribution is 6.30. The zero-order chi connectivity index (χ0) is 18.8. The van der Waals surface area contributed by atoms with E-state index in [1.165, 1.54) is 37.4 Å².